The average Bonchev–Trinajstić information content (AvgIpc) is 2.62. The third kappa shape index (κ3) is 6.42. The zero-order valence-electron chi connectivity index (χ0n) is 14.9. The maximum atomic E-state index is 12.1. The lowest BCUT2D eigenvalue weighted by molar-refractivity contribution is -0.121. The van der Waals surface area contributed by atoms with E-state index in [1.807, 2.05) is 6.07 Å². The van der Waals surface area contributed by atoms with Crippen molar-refractivity contribution >= 4 is 11.7 Å². The molecule has 0 fully saturated rings. The molecule has 0 radical (unpaired) electrons. The van der Waals surface area contributed by atoms with E-state index >= 15 is 0 Å². The number of benzene rings is 2. The summed E-state index contributed by atoms with van der Waals surface area (Å²) in [5.74, 6) is 0.773. The van der Waals surface area contributed by atoms with Crippen molar-refractivity contribution in [2.75, 3.05) is 13.7 Å². The Morgan fingerprint density at radius 3 is 2.48 bits per heavy atom. The molecule has 0 saturated heterocycles. The maximum Gasteiger partial charge on any atom is 0.220 e. The van der Waals surface area contributed by atoms with Crippen molar-refractivity contribution in [2.24, 2.45) is 0 Å². The summed E-state index contributed by atoms with van der Waals surface area (Å²) in [7, 11) is 1.59. The largest absolute Gasteiger partial charge is 0.497 e. The minimum atomic E-state index is -0.00446. The van der Waals surface area contributed by atoms with Crippen LogP contribution < -0.4 is 10.1 Å². The molecule has 0 spiro atoms. The van der Waals surface area contributed by atoms with Crippen LogP contribution in [0, 0.1) is 6.92 Å². The first-order chi connectivity index (χ1) is 12.1. The van der Waals surface area contributed by atoms with E-state index in [0.717, 1.165) is 12.2 Å². The van der Waals surface area contributed by atoms with Gasteiger partial charge in [0.05, 0.1) is 7.11 Å². The van der Waals surface area contributed by atoms with Crippen LogP contribution in [0.25, 0.3) is 0 Å². The zero-order valence-corrected chi connectivity index (χ0v) is 14.9. The second-order valence-corrected chi connectivity index (χ2v) is 6.09. The number of hydrogen-bond donors (Lipinski definition) is 1. The number of aryl methyl sites for hydroxylation is 1. The third-order valence-electron chi connectivity index (χ3n) is 4.04. The normalized spacial score (nSPS) is 10.3. The highest BCUT2D eigenvalue weighted by Crippen LogP contribution is 2.13. The number of hydrogen-bond acceptors (Lipinski definition) is 3. The molecule has 4 nitrogen and oxygen atoms in total. The molecule has 4 heteroatoms. The average molecular weight is 339 g/mol. The standard InChI is InChI=1S/C21H25NO3/c1-16-5-3-6-17(15-16)13-14-22-21(24)8-4-7-20(23)18-9-11-19(25-2)12-10-18/h3,5-6,9-12,15H,4,7-8,13-14H2,1-2H3,(H,22,24). The summed E-state index contributed by atoms with van der Waals surface area (Å²) in [5, 5.41) is 2.91. The van der Waals surface area contributed by atoms with Crippen LogP contribution in [0.2, 0.25) is 0 Å². The Labute approximate surface area is 149 Å². The number of Topliss-reactive ketones (excluding diaryl/α,β-unsaturated/α-hetero) is 1. The molecule has 2 rings (SSSR count). The summed E-state index contributed by atoms with van der Waals surface area (Å²) < 4.78 is 5.07. The third-order valence-corrected chi connectivity index (χ3v) is 4.04. The summed E-state index contributed by atoms with van der Waals surface area (Å²) in [6.07, 6.45) is 2.12. The molecule has 25 heavy (non-hydrogen) atoms. The number of carbonyl (C=O) groups excluding carboxylic acids is 2. The molecule has 0 atom stereocenters. The minimum absolute atomic E-state index is 0.00446. The Hall–Kier alpha value is -2.62. The number of ether oxygens (including phenoxy) is 1. The van der Waals surface area contributed by atoms with E-state index in [4.69, 9.17) is 4.74 Å². The molecule has 0 bridgehead atoms. The van der Waals surface area contributed by atoms with Gasteiger partial charge in [-0.05, 0) is 49.6 Å². The predicted octanol–water partition coefficient (Wildman–Crippen LogP) is 3.72. The molecular weight excluding hydrogens is 314 g/mol. The van der Waals surface area contributed by atoms with Gasteiger partial charge in [-0.15, -0.1) is 0 Å². The molecular formula is C21H25NO3. The summed E-state index contributed by atoms with van der Waals surface area (Å²) in [6, 6.07) is 15.3. The van der Waals surface area contributed by atoms with Gasteiger partial charge in [0.2, 0.25) is 5.91 Å². The zero-order chi connectivity index (χ0) is 18.1. The topological polar surface area (TPSA) is 55.4 Å². The SMILES string of the molecule is COc1ccc(C(=O)CCCC(=O)NCCc2cccc(C)c2)cc1. The minimum Gasteiger partial charge on any atom is -0.497 e. The van der Waals surface area contributed by atoms with Crippen molar-refractivity contribution in [1.29, 1.82) is 0 Å². The van der Waals surface area contributed by atoms with Gasteiger partial charge >= 0.3 is 0 Å². The van der Waals surface area contributed by atoms with E-state index in [0.29, 0.717) is 31.4 Å². The van der Waals surface area contributed by atoms with Gasteiger partial charge < -0.3 is 10.1 Å². The second kappa shape index (κ2) is 9.62. The van der Waals surface area contributed by atoms with E-state index in [1.54, 1.807) is 31.4 Å². The number of amides is 1. The Morgan fingerprint density at radius 1 is 1.04 bits per heavy atom. The molecule has 0 heterocycles. The van der Waals surface area contributed by atoms with Gasteiger partial charge in [-0.25, -0.2) is 0 Å². The molecule has 0 aromatic heterocycles. The summed E-state index contributed by atoms with van der Waals surface area (Å²) in [5.41, 5.74) is 3.09. The van der Waals surface area contributed by atoms with Crippen molar-refractivity contribution in [1.82, 2.24) is 5.32 Å². The van der Waals surface area contributed by atoms with Crippen molar-refractivity contribution in [3.05, 3.63) is 65.2 Å². The Morgan fingerprint density at radius 2 is 1.80 bits per heavy atom. The second-order valence-electron chi connectivity index (χ2n) is 6.09. The van der Waals surface area contributed by atoms with Crippen LogP contribution in [0.3, 0.4) is 0 Å². The highest BCUT2D eigenvalue weighted by Gasteiger charge is 2.08. The van der Waals surface area contributed by atoms with Crippen molar-refractivity contribution in [2.45, 2.75) is 32.6 Å². The Bertz CT molecular complexity index is 707. The van der Waals surface area contributed by atoms with Crippen molar-refractivity contribution < 1.29 is 14.3 Å². The quantitative estimate of drug-likeness (QED) is 0.709. The first-order valence-electron chi connectivity index (χ1n) is 8.58. The smallest absolute Gasteiger partial charge is 0.220 e. The molecule has 0 saturated carbocycles. The van der Waals surface area contributed by atoms with E-state index < -0.39 is 0 Å². The molecule has 132 valence electrons. The van der Waals surface area contributed by atoms with Gasteiger partial charge in [-0.1, -0.05) is 29.8 Å². The monoisotopic (exact) mass is 339 g/mol. The van der Waals surface area contributed by atoms with Crippen LogP contribution in [0.4, 0.5) is 0 Å². The van der Waals surface area contributed by atoms with Crippen LogP contribution in [0.15, 0.2) is 48.5 Å². The highest BCUT2D eigenvalue weighted by atomic mass is 16.5. The molecule has 0 aliphatic heterocycles. The summed E-state index contributed by atoms with van der Waals surface area (Å²) in [4.78, 5) is 23.9. The lowest BCUT2D eigenvalue weighted by Gasteiger charge is -2.06. The Kier molecular flexibility index (Phi) is 7.20. The van der Waals surface area contributed by atoms with Crippen LogP contribution in [0.5, 0.6) is 5.75 Å². The van der Waals surface area contributed by atoms with E-state index in [1.165, 1.54) is 11.1 Å². The molecule has 1 N–H and O–H groups in total. The highest BCUT2D eigenvalue weighted by molar-refractivity contribution is 5.96. The number of carbonyl (C=O) groups is 2. The molecule has 0 unspecified atom stereocenters. The van der Waals surface area contributed by atoms with Crippen molar-refractivity contribution in [3.8, 4) is 5.75 Å². The lowest BCUT2D eigenvalue weighted by Crippen LogP contribution is -2.25. The molecule has 0 aliphatic rings. The molecule has 1 amide bonds. The Balaban J connectivity index is 1.65. The van der Waals surface area contributed by atoms with Gasteiger partial charge in [0, 0.05) is 24.9 Å². The molecule has 2 aromatic rings. The van der Waals surface area contributed by atoms with Gasteiger partial charge in [0.15, 0.2) is 5.78 Å². The first-order valence-corrected chi connectivity index (χ1v) is 8.58. The van der Waals surface area contributed by atoms with Crippen LogP contribution in [0.1, 0.15) is 40.7 Å². The number of rotatable bonds is 9. The van der Waals surface area contributed by atoms with Gasteiger partial charge in [0.25, 0.3) is 0 Å². The van der Waals surface area contributed by atoms with E-state index in [-0.39, 0.29) is 11.7 Å². The predicted molar refractivity (Wildman–Crippen MR) is 99.1 cm³/mol. The van der Waals surface area contributed by atoms with Crippen LogP contribution in [-0.4, -0.2) is 25.3 Å². The van der Waals surface area contributed by atoms with Gasteiger partial charge in [-0.3, -0.25) is 9.59 Å². The number of ketones is 1. The fourth-order valence-electron chi connectivity index (χ4n) is 2.63. The van der Waals surface area contributed by atoms with Gasteiger partial charge in [0.1, 0.15) is 5.75 Å². The molecule has 0 aliphatic carbocycles. The number of nitrogens with one attached hydrogen (secondary N) is 1. The van der Waals surface area contributed by atoms with E-state index in [2.05, 4.69) is 30.4 Å². The van der Waals surface area contributed by atoms with Crippen LogP contribution >= 0.6 is 0 Å². The summed E-state index contributed by atoms with van der Waals surface area (Å²) >= 11 is 0. The summed E-state index contributed by atoms with van der Waals surface area (Å²) in [6.45, 7) is 2.68. The maximum absolute atomic E-state index is 12.1. The van der Waals surface area contributed by atoms with Crippen molar-refractivity contribution in [3.63, 3.8) is 0 Å². The first kappa shape index (κ1) is 18.7. The number of methoxy groups -OCH3 is 1. The fourth-order valence-corrected chi connectivity index (χ4v) is 2.63. The van der Waals surface area contributed by atoms with E-state index in [9.17, 15) is 9.59 Å². The van der Waals surface area contributed by atoms with Crippen LogP contribution in [-0.2, 0) is 11.2 Å². The van der Waals surface area contributed by atoms with Gasteiger partial charge in [-0.2, -0.15) is 0 Å². The lowest BCUT2D eigenvalue weighted by atomic mass is 10.1. The molecule has 2 aromatic carbocycles. The fraction of sp³-hybridized carbons (Fsp3) is 0.333.